The summed E-state index contributed by atoms with van der Waals surface area (Å²) in [7, 11) is 1.41. The molecule has 0 aliphatic rings. The average Bonchev–Trinajstić information content (AvgIpc) is 3.16. The van der Waals surface area contributed by atoms with E-state index in [1.165, 1.54) is 36.7 Å². The second kappa shape index (κ2) is 9.63. The maximum Gasteiger partial charge on any atom is 0.268 e. The molecule has 1 heterocycles. The van der Waals surface area contributed by atoms with E-state index >= 15 is 0 Å². The van der Waals surface area contributed by atoms with Crippen molar-refractivity contribution in [3.05, 3.63) is 74.2 Å². The van der Waals surface area contributed by atoms with Gasteiger partial charge in [-0.3, -0.25) is 10.1 Å². The van der Waals surface area contributed by atoms with Gasteiger partial charge in [-0.25, -0.2) is 4.98 Å². The molecule has 0 saturated carbocycles. The fourth-order valence-corrected chi connectivity index (χ4v) is 3.79. The number of benzene rings is 2. The highest BCUT2D eigenvalue weighted by atomic mass is 35.5. The van der Waals surface area contributed by atoms with Gasteiger partial charge in [0.15, 0.2) is 16.6 Å². The molecular formula is C21H15Cl2N3O3S. The molecule has 0 aliphatic carbocycles. The number of phenols is 1. The highest BCUT2D eigenvalue weighted by Crippen LogP contribution is 2.28. The van der Waals surface area contributed by atoms with Crippen LogP contribution in [0.1, 0.15) is 16.0 Å². The molecule has 1 amide bonds. The Bertz CT molecular complexity index is 1170. The standard InChI is InChI=1S/C21H15Cl2N3O3S/c1-29-19-7-12(2-5-18(19)27)6-14(10-24)20(28)26-21-25-11-16(30-21)9-13-8-15(22)3-4-17(13)23/h2-8,11,27H,9H2,1H3,(H,25,26,28)/b14-6-. The number of nitrogens with one attached hydrogen (secondary N) is 1. The number of aromatic nitrogens is 1. The Kier molecular flexibility index (Phi) is 6.95. The van der Waals surface area contributed by atoms with Gasteiger partial charge < -0.3 is 9.84 Å². The molecule has 0 fully saturated rings. The van der Waals surface area contributed by atoms with Crippen molar-refractivity contribution < 1.29 is 14.6 Å². The molecule has 0 saturated heterocycles. The summed E-state index contributed by atoms with van der Waals surface area (Å²) in [5, 5.41) is 23.2. The molecule has 0 aliphatic heterocycles. The molecule has 152 valence electrons. The Morgan fingerprint density at radius 2 is 2.13 bits per heavy atom. The number of carbonyl (C=O) groups is 1. The zero-order valence-corrected chi connectivity index (χ0v) is 18.0. The Labute approximate surface area is 187 Å². The lowest BCUT2D eigenvalue weighted by atomic mass is 10.1. The topological polar surface area (TPSA) is 95.2 Å². The van der Waals surface area contributed by atoms with Crippen LogP contribution < -0.4 is 10.1 Å². The first-order valence-corrected chi connectivity index (χ1v) is 10.2. The zero-order chi connectivity index (χ0) is 21.7. The molecule has 1 aromatic heterocycles. The number of aromatic hydroxyl groups is 1. The SMILES string of the molecule is COc1cc(/C=C(/C#N)C(=O)Nc2ncc(Cc3cc(Cl)ccc3Cl)s2)ccc1O. The van der Waals surface area contributed by atoms with E-state index in [0.717, 1.165) is 10.4 Å². The molecule has 0 spiro atoms. The van der Waals surface area contributed by atoms with Crippen LogP contribution in [0.3, 0.4) is 0 Å². The number of methoxy groups -OCH3 is 1. The van der Waals surface area contributed by atoms with Crippen molar-refractivity contribution in [2.45, 2.75) is 6.42 Å². The molecule has 0 radical (unpaired) electrons. The Balaban J connectivity index is 1.73. The number of carbonyl (C=O) groups excluding carboxylic acids is 1. The lowest BCUT2D eigenvalue weighted by molar-refractivity contribution is -0.112. The number of phenolic OH excluding ortho intramolecular Hbond substituents is 1. The second-order valence-electron chi connectivity index (χ2n) is 6.10. The van der Waals surface area contributed by atoms with Crippen molar-refractivity contribution in [3.63, 3.8) is 0 Å². The highest BCUT2D eigenvalue weighted by molar-refractivity contribution is 7.15. The average molecular weight is 460 g/mol. The molecule has 3 rings (SSSR count). The minimum absolute atomic E-state index is 0.0345. The van der Waals surface area contributed by atoms with Gasteiger partial charge in [0.05, 0.1) is 7.11 Å². The van der Waals surface area contributed by atoms with Crippen molar-refractivity contribution in [1.29, 1.82) is 5.26 Å². The van der Waals surface area contributed by atoms with E-state index in [1.807, 2.05) is 6.07 Å². The van der Waals surface area contributed by atoms with Crippen molar-refractivity contribution in [2.75, 3.05) is 12.4 Å². The number of halogens is 2. The van der Waals surface area contributed by atoms with E-state index in [-0.39, 0.29) is 17.1 Å². The first-order valence-electron chi connectivity index (χ1n) is 8.58. The number of amides is 1. The fourth-order valence-electron chi connectivity index (χ4n) is 2.58. The molecule has 3 aromatic rings. The van der Waals surface area contributed by atoms with E-state index in [4.69, 9.17) is 27.9 Å². The Morgan fingerprint density at radius 3 is 2.87 bits per heavy atom. The van der Waals surface area contributed by atoms with Gasteiger partial charge >= 0.3 is 0 Å². The molecule has 2 N–H and O–H groups in total. The molecule has 0 bridgehead atoms. The summed E-state index contributed by atoms with van der Waals surface area (Å²) >= 11 is 13.5. The Hall–Kier alpha value is -3.05. The van der Waals surface area contributed by atoms with Gasteiger partial charge in [0.2, 0.25) is 0 Å². The zero-order valence-electron chi connectivity index (χ0n) is 15.6. The van der Waals surface area contributed by atoms with E-state index in [0.29, 0.717) is 27.2 Å². The number of hydrogen-bond donors (Lipinski definition) is 2. The number of ether oxygens (including phenoxy) is 1. The highest BCUT2D eigenvalue weighted by Gasteiger charge is 2.13. The van der Waals surface area contributed by atoms with Gasteiger partial charge in [0, 0.05) is 27.5 Å². The number of nitrogens with zero attached hydrogens (tertiary/aromatic N) is 2. The lowest BCUT2D eigenvalue weighted by Crippen LogP contribution is -2.13. The summed E-state index contributed by atoms with van der Waals surface area (Å²) in [6.07, 6.45) is 3.55. The lowest BCUT2D eigenvalue weighted by Gasteiger charge is -2.05. The molecular weight excluding hydrogens is 445 g/mol. The summed E-state index contributed by atoms with van der Waals surface area (Å²) in [5.74, 6) is -0.385. The molecule has 9 heteroatoms. The third-order valence-corrected chi connectivity index (χ3v) is 5.54. The number of hydrogen-bond acceptors (Lipinski definition) is 6. The van der Waals surface area contributed by atoms with Gasteiger partial charge in [-0.05, 0) is 47.5 Å². The van der Waals surface area contributed by atoms with Crippen LogP contribution in [0.2, 0.25) is 10.0 Å². The summed E-state index contributed by atoms with van der Waals surface area (Å²) < 4.78 is 5.04. The van der Waals surface area contributed by atoms with Crippen LogP contribution in [-0.4, -0.2) is 23.1 Å². The first kappa shape index (κ1) is 21.7. The van der Waals surface area contributed by atoms with Gasteiger partial charge in [-0.2, -0.15) is 5.26 Å². The van der Waals surface area contributed by atoms with Gasteiger partial charge in [0.1, 0.15) is 11.6 Å². The van der Waals surface area contributed by atoms with Crippen LogP contribution in [0.15, 0.2) is 48.2 Å². The van der Waals surface area contributed by atoms with E-state index < -0.39 is 5.91 Å². The van der Waals surface area contributed by atoms with Crippen molar-refractivity contribution >= 4 is 51.7 Å². The predicted molar refractivity (Wildman–Crippen MR) is 118 cm³/mol. The van der Waals surface area contributed by atoms with E-state index in [9.17, 15) is 15.2 Å². The molecule has 30 heavy (non-hydrogen) atoms. The second-order valence-corrected chi connectivity index (χ2v) is 8.06. The predicted octanol–water partition coefficient (Wildman–Crippen LogP) is 5.30. The van der Waals surface area contributed by atoms with Gasteiger partial charge in [-0.15, -0.1) is 11.3 Å². The van der Waals surface area contributed by atoms with Crippen LogP contribution in [0.4, 0.5) is 5.13 Å². The molecule has 2 aromatic carbocycles. The van der Waals surface area contributed by atoms with Crippen LogP contribution in [0, 0.1) is 11.3 Å². The minimum Gasteiger partial charge on any atom is -0.504 e. The summed E-state index contributed by atoms with van der Waals surface area (Å²) in [6.45, 7) is 0. The van der Waals surface area contributed by atoms with Crippen LogP contribution >= 0.6 is 34.5 Å². The monoisotopic (exact) mass is 459 g/mol. The quantitative estimate of drug-likeness (QED) is 0.385. The largest absolute Gasteiger partial charge is 0.504 e. The molecule has 0 atom stereocenters. The number of rotatable bonds is 6. The number of thiazole rings is 1. The van der Waals surface area contributed by atoms with Crippen molar-refractivity contribution in [2.24, 2.45) is 0 Å². The Morgan fingerprint density at radius 1 is 1.33 bits per heavy atom. The third kappa shape index (κ3) is 5.30. The normalized spacial score (nSPS) is 11.1. The van der Waals surface area contributed by atoms with Crippen molar-refractivity contribution in [1.82, 2.24) is 4.98 Å². The van der Waals surface area contributed by atoms with Crippen LogP contribution in [0.5, 0.6) is 11.5 Å². The van der Waals surface area contributed by atoms with E-state index in [2.05, 4.69) is 10.3 Å². The summed E-state index contributed by atoms with van der Waals surface area (Å²) in [5.41, 5.74) is 1.27. The summed E-state index contributed by atoms with van der Waals surface area (Å²) in [4.78, 5) is 17.5. The molecule has 6 nitrogen and oxygen atoms in total. The van der Waals surface area contributed by atoms with Gasteiger partial charge in [0.25, 0.3) is 5.91 Å². The van der Waals surface area contributed by atoms with E-state index in [1.54, 1.807) is 30.5 Å². The smallest absolute Gasteiger partial charge is 0.268 e. The number of anilines is 1. The van der Waals surface area contributed by atoms with Crippen LogP contribution in [0.25, 0.3) is 6.08 Å². The first-order chi connectivity index (χ1) is 14.4. The number of nitriles is 1. The minimum atomic E-state index is -0.591. The van der Waals surface area contributed by atoms with Crippen LogP contribution in [-0.2, 0) is 11.2 Å². The van der Waals surface area contributed by atoms with Gasteiger partial charge in [-0.1, -0.05) is 29.3 Å². The fraction of sp³-hybridized carbons (Fsp3) is 0.0952. The molecule has 0 unspecified atom stereocenters. The summed E-state index contributed by atoms with van der Waals surface area (Å²) in [6, 6.07) is 11.6. The third-order valence-electron chi connectivity index (χ3n) is 4.03. The maximum atomic E-state index is 12.5. The van der Waals surface area contributed by atoms with Crippen molar-refractivity contribution in [3.8, 4) is 17.6 Å². The maximum absolute atomic E-state index is 12.5.